The molecule has 0 atom stereocenters. The van der Waals surface area contributed by atoms with Gasteiger partial charge in [0, 0.05) is 9.79 Å². The van der Waals surface area contributed by atoms with Crippen molar-refractivity contribution in [1.29, 1.82) is 0 Å². The minimum Gasteiger partial charge on any atom is -0.241 e. The van der Waals surface area contributed by atoms with Crippen LogP contribution < -0.4 is 0 Å². The zero-order chi connectivity index (χ0) is 14.1. The molecule has 0 saturated carbocycles. The lowest BCUT2D eigenvalue weighted by atomic mass is 10.4. The molecular weight excluding hydrogens is 276 g/mol. The van der Waals surface area contributed by atoms with Crippen LogP contribution in [-0.4, -0.2) is 12.9 Å². The summed E-state index contributed by atoms with van der Waals surface area (Å²) in [6.07, 6.45) is -4.62. The van der Waals surface area contributed by atoms with E-state index in [0.29, 0.717) is 0 Å². The minimum absolute atomic E-state index is 1.29. The quantitative estimate of drug-likeness (QED) is 0.671. The van der Waals surface area contributed by atoms with Crippen LogP contribution in [0.4, 0.5) is 17.6 Å². The summed E-state index contributed by atoms with van der Waals surface area (Å²) < 4.78 is 41.6. The average Bonchev–Trinajstić information content (AvgIpc) is 2.41. The lowest BCUT2D eigenvalue weighted by molar-refractivity contribution is -0.142. The highest BCUT2D eigenvalue weighted by Gasteiger charge is 2.26. The molecule has 0 fully saturated rings. The number of benzene rings is 2. The van der Waals surface area contributed by atoms with Gasteiger partial charge in [-0.2, -0.15) is 13.2 Å². The molecule has 0 aliphatic carbocycles. The monoisotopic (exact) mass is 288 g/mol. The van der Waals surface area contributed by atoms with E-state index in [9.17, 15) is 17.6 Å². The lowest BCUT2D eigenvalue weighted by Crippen LogP contribution is -2.08. The maximum absolute atomic E-state index is 10.4. The van der Waals surface area contributed by atoms with E-state index in [1.54, 1.807) is 11.8 Å². The maximum atomic E-state index is 10.4. The van der Waals surface area contributed by atoms with Gasteiger partial charge in [0.05, 0.1) is 0 Å². The van der Waals surface area contributed by atoms with E-state index in [0.717, 1.165) is 0 Å². The Kier molecular flexibility index (Phi) is 6.42. The molecule has 0 unspecified atom stereocenters. The molecule has 0 N–H and O–H groups in total. The minimum atomic E-state index is -4.62. The van der Waals surface area contributed by atoms with Crippen molar-refractivity contribution in [3.8, 4) is 0 Å². The highest BCUT2D eigenvalue weighted by atomic mass is 32.2. The lowest BCUT2D eigenvalue weighted by Gasteiger charge is -1.99. The first kappa shape index (κ1) is 15.6. The molecule has 0 aliphatic rings. The molecule has 0 heterocycles. The summed E-state index contributed by atoms with van der Waals surface area (Å²) in [5.74, 6) is 0. The molecule has 5 heteroatoms. The number of hydrogen-bond acceptors (Lipinski definition) is 1. The van der Waals surface area contributed by atoms with Crippen molar-refractivity contribution in [1.82, 2.24) is 0 Å². The zero-order valence-electron chi connectivity index (χ0n) is 9.90. The predicted octanol–water partition coefficient (Wildman–Crippen LogP) is 5.36. The Morgan fingerprint density at radius 2 is 1.05 bits per heavy atom. The van der Waals surface area contributed by atoms with Crippen LogP contribution in [-0.2, 0) is 0 Å². The molecule has 102 valence electrons. The molecule has 0 aromatic heterocycles. The van der Waals surface area contributed by atoms with Gasteiger partial charge in [0.15, 0.2) is 6.67 Å². The second-order valence-electron chi connectivity index (χ2n) is 3.48. The summed E-state index contributed by atoms with van der Waals surface area (Å²) in [4.78, 5) is 2.57. The molecule has 19 heavy (non-hydrogen) atoms. The first-order valence-electron chi connectivity index (χ1n) is 5.42. The first-order valence-corrected chi connectivity index (χ1v) is 6.23. The third-order valence-electron chi connectivity index (χ3n) is 1.87. The van der Waals surface area contributed by atoms with Crippen LogP contribution in [0.5, 0.6) is 0 Å². The Balaban J connectivity index is 0.000000258. The second kappa shape index (κ2) is 7.84. The van der Waals surface area contributed by atoms with Gasteiger partial charge in [0.1, 0.15) is 0 Å². The van der Waals surface area contributed by atoms with Crippen molar-refractivity contribution in [3.63, 3.8) is 0 Å². The summed E-state index contributed by atoms with van der Waals surface area (Å²) in [5, 5.41) is 0. The van der Waals surface area contributed by atoms with Crippen LogP contribution in [0.25, 0.3) is 0 Å². The molecule has 0 amide bonds. The Bertz CT molecular complexity index is 416. The highest BCUT2D eigenvalue weighted by Crippen LogP contribution is 2.26. The third kappa shape index (κ3) is 7.51. The smallest absolute Gasteiger partial charge is 0.241 e. The Hall–Kier alpha value is -1.49. The Labute approximate surface area is 113 Å². The first-order chi connectivity index (χ1) is 9.01. The van der Waals surface area contributed by atoms with Crippen LogP contribution in [0.1, 0.15) is 0 Å². The number of rotatable bonds is 2. The molecule has 2 aromatic rings. The van der Waals surface area contributed by atoms with Crippen molar-refractivity contribution in [2.75, 3.05) is 6.67 Å². The summed E-state index contributed by atoms with van der Waals surface area (Å²) in [7, 11) is 0. The molecule has 0 saturated heterocycles. The molecule has 2 rings (SSSR count). The van der Waals surface area contributed by atoms with Gasteiger partial charge < -0.3 is 0 Å². The average molecular weight is 288 g/mol. The Morgan fingerprint density at radius 3 is 1.32 bits per heavy atom. The van der Waals surface area contributed by atoms with Gasteiger partial charge in [-0.1, -0.05) is 48.2 Å². The van der Waals surface area contributed by atoms with E-state index in [1.165, 1.54) is 9.79 Å². The summed E-state index contributed by atoms with van der Waals surface area (Å²) in [5.41, 5.74) is 0. The standard InChI is InChI=1S/C12H10S.C2H2F4/c1-3-7-11(8-4-1)13-12-9-5-2-6-10-12;3-1-2(4,5)6/h1-10H;1H2. The van der Waals surface area contributed by atoms with Gasteiger partial charge in [-0.3, -0.25) is 0 Å². The van der Waals surface area contributed by atoms with Crippen molar-refractivity contribution in [2.24, 2.45) is 0 Å². The second-order valence-corrected chi connectivity index (χ2v) is 4.62. The number of halogens is 4. The fourth-order valence-corrected chi connectivity index (χ4v) is 1.97. The van der Waals surface area contributed by atoms with E-state index in [2.05, 4.69) is 48.5 Å². The van der Waals surface area contributed by atoms with Crippen LogP contribution in [0.3, 0.4) is 0 Å². The van der Waals surface area contributed by atoms with E-state index in [4.69, 9.17) is 0 Å². The van der Waals surface area contributed by atoms with E-state index in [1.807, 2.05) is 12.1 Å². The number of hydrogen-bond donors (Lipinski definition) is 0. The summed E-state index contributed by atoms with van der Waals surface area (Å²) in [6, 6.07) is 20.8. The molecule has 0 radical (unpaired) electrons. The van der Waals surface area contributed by atoms with E-state index >= 15 is 0 Å². The van der Waals surface area contributed by atoms with Crippen LogP contribution in [0, 0.1) is 0 Å². The molecule has 0 spiro atoms. The van der Waals surface area contributed by atoms with Crippen molar-refractivity contribution in [3.05, 3.63) is 60.7 Å². The van der Waals surface area contributed by atoms with Gasteiger partial charge in [0.25, 0.3) is 0 Å². The van der Waals surface area contributed by atoms with Crippen molar-refractivity contribution >= 4 is 11.8 Å². The van der Waals surface area contributed by atoms with Crippen LogP contribution in [0.2, 0.25) is 0 Å². The van der Waals surface area contributed by atoms with Crippen LogP contribution in [0.15, 0.2) is 70.5 Å². The third-order valence-corrected chi connectivity index (χ3v) is 2.89. The molecular formula is C14H12F4S. The highest BCUT2D eigenvalue weighted by molar-refractivity contribution is 7.99. The predicted molar refractivity (Wildman–Crippen MR) is 69.0 cm³/mol. The molecule has 0 nitrogen and oxygen atoms in total. The fraction of sp³-hybridized carbons (Fsp3) is 0.143. The normalized spacial score (nSPS) is 10.5. The van der Waals surface area contributed by atoms with E-state index < -0.39 is 12.9 Å². The largest absolute Gasteiger partial charge is 0.416 e. The SMILES string of the molecule is FCC(F)(F)F.c1ccc(Sc2ccccc2)cc1. The summed E-state index contributed by atoms with van der Waals surface area (Å²) >= 11 is 1.79. The summed E-state index contributed by atoms with van der Waals surface area (Å²) in [6.45, 7) is -2.23. The van der Waals surface area contributed by atoms with Crippen LogP contribution >= 0.6 is 11.8 Å². The maximum Gasteiger partial charge on any atom is 0.416 e. The van der Waals surface area contributed by atoms with Crippen molar-refractivity contribution < 1.29 is 17.6 Å². The Morgan fingerprint density at radius 1 is 0.737 bits per heavy atom. The van der Waals surface area contributed by atoms with Crippen molar-refractivity contribution in [2.45, 2.75) is 16.0 Å². The van der Waals surface area contributed by atoms with Gasteiger partial charge in [-0.05, 0) is 24.3 Å². The van der Waals surface area contributed by atoms with Gasteiger partial charge >= 0.3 is 6.18 Å². The number of alkyl halides is 4. The van der Waals surface area contributed by atoms with Gasteiger partial charge in [-0.15, -0.1) is 0 Å². The topological polar surface area (TPSA) is 0 Å². The fourth-order valence-electron chi connectivity index (χ4n) is 1.11. The van der Waals surface area contributed by atoms with Gasteiger partial charge in [0.2, 0.25) is 0 Å². The van der Waals surface area contributed by atoms with Gasteiger partial charge in [-0.25, -0.2) is 4.39 Å². The molecule has 0 aliphatic heterocycles. The molecule has 0 bridgehead atoms. The van der Waals surface area contributed by atoms with E-state index in [-0.39, 0.29) is 0 Å². The zero-order valence-corrected chi connectivity index (χ0v) is 10.7. The molecule has 2 aromatic carbocycles.